The Labute approximate surface area is 172 Å². The van der Waals surface area contributed by atoms with Crippen molar-refractivity contribution < 1.29 is 4.79 Å². The van der Waals surface area contributed by atoms with E-state index in [1.54, 1.807) is 0 Å². The SMILES string of the molecule is CCC1CC(Cc2ccc(-c3ccc4cccnc4c3C)cc2)CCN1C(N)=O. The molecule has 0 aliphatic carbocycles. The number of hydrogen-bond donors (Lipinski definition) is 1. The third kappa shape index (κ3) is 3.98. The monoisotopic (exact) mass is 387 g/mol. The van der Waals surface area contributed by atoms with Gasteiger partial charge in [-0.05, 0) is 66.8 Å². The Hall–Kier alpha value is -2.88. The third-order valence-corrected chi connectivity index (χ3v) is 6.40. The first-order valence-corrected chi connectivity index (χ1v) is 10.6. The molecule has 150 valence electrons. The van der Waals surface area contributed by atoms with Crippen LogP contribution in [-0.4, -0.2) is 28.5 Å². The second-order valence-corrected chi connectivity index (χ2v) is 8.20. The predicted octanol–water partition coefficient (Wildman–Crippen LogP) is 5.32. The number of pyridine rings is 1. The van der Waals surface area contributed by atoms with Gasteiger partial charge in [-0.1, -0.05) is 49.4 Å². The number of rotatable bonds is 4. The maximum Gasteiger partial charge on any atom is 0.315 e. The molecule has 1 saturated heterocycles. The molecule has 2 aromatic carbocycles. The van der Waals surface area contributed by atoms with Crippen molar-refractivity contribution in [3.8, 4) is 11.1 Å². The number of piperidine rings is 1. The summed E-state index contributed by atoms with van der Waals surface area (Å²) in [6, 6.07) is 17.4. The molecule has 4 heteroatoms. The normalized spacial score (nSPS) is 19.4. The minimum atomic E-state index is -0.278. The van der Waals surface area contributed by atoms with Crippen LogP contribution in [0.2, 0.25) is 0 Å². The molecule has 2 atom stereocenters. The van der Waals surface area contributed by atoms with E-state index < -0.39 is 0 Å². The van der Waals surface area contributed by atoms with E-state index in [-0.39, 0.29) is 12.1 Å². The molecule has 2 heterocycles. The van der Waals surface area contributed by atoms with Gasteiger partial charge in [-0.3, -0.25) is 4.98 Å². The maximum absolute atomic E-state index is 11.6. The summed E-state index contributed by atoms with van der Waals surface area (Å²) in [5.41, 5.74) is 11.7. The Kier molecular flexibility index (Phi) is 5.52. The van der Waals surface area contributed by atoms with Crippen molar-refractivity contribution in [1.82, 2.24) is 9.88 Å². The highest BCUT2D eigenvalue weighted by Gasteiger charge is 2.29. The minimum Gasteiger partial charge on any atom is -0.351 e. The van der Waals surface area contributed by atoms with Crippen molar-refractivity contribution in [2.24, 2.45) is 11.7 Å². The van der Waals surface area contributed by atoms with Crippen molar-refractivity contribution in [3.63, 3.8) is 0 Å². The summed E-state index contributed by atoms with van der Waals surface area (Å²) in [6.07, 6.45) is 5.94. The first kappa shape index (κ1) is 19.4. The fourth-order valence-electron chi connectivity index (χ4n) is 4.75. The van der Waals surface area contributed by atoms with E-state index >= 15 is 0 Å². The van der Waals surface area contributed by atoms with Gasteiger partial charge in [0.2, 0.25) is 0 Å². The Morgan fingerprint density at radius 1 is 1.17 bits per heavy atom. The fourth-order valence-corrected chi connectivity index (χ4v) is 4.75. The highest BCUT2D eigenvalue weighted by Crippen LogP contribution is 2.31. The summed E-state index contributed by atoms with van der Waals surface area (Å²) in [6.45, 7) is 5.06. The van der Waals surface area contributed by atoms with Crippen LogP contribution < -0.4 is 5.73 Å². The van der Waals surface area contributed by atoms with Crippen molar-refractivity contribution in [2.75, 3.05) is 6.54 Å². The number of aryl methyl sites for hydroxylation is 1. The zero-order valence-electron chi connectivity index (χ0n) is 17.3. The summed E-state index contributed by atoms with van der Waals surface area (Å²) >= 11 is 0. The van der Waals surface area contributed by atoms with E-state index in [1.165, 1.54) is 27.6 Å². The standard InChI is InChI=1S/C25H29N3O/c1-3-22-16-19(12-14-28(22)25(26)29)15-18-6-8-20(9-7-18)23-11-10-21-5-4-13-27-24(21)17(23)2/h4-11,13,19,22H,3,12,14-16H2,1-2H3,(H2,26,29). The third-order valence-electron chi connectivity index (χ3n) is 6.40. The number of likely N-dealkylation sites (tertiary alicyclic amines) is 1. The summed E-state index contributed by atoms with van der Waals surface area (Å²) in [5, 5.41) is 1.18. The van der Waals surface area contributed by atoms with Crippen LogP contribution in [0.1, 0.15) is 37.3 Å². The molecular formula is C25H29N3O. The number of urea groups is 1. The Balaban J connectivity index is 1.49. The number of primary amides is 1. The first-order valence-electron chi connectivity index (χ1n) is 10.6. The molecule has 0 bridgehead atoms. The van der Waals surface area contributed by atoms with E-state index in [1.807, 2.05) is 17.2 Å². The molecule has 1 aromatic heterocycles. The topological polar surface area (TPSA) is 59.2 Å². The lowest BCUT2D eigenvalue weighted by molar-refractivity contribution is 0.131. The summed E-state index contributed by atoms with van der Waals surface area (Å²) in [7, 11) is 0. The van der Waals surface area contributed by atoms with Crippen LogP contribution in [0.4, 0.5) is 4.79 Å². The molecule has 2 unspecified atom stereocenters. The lowest BCUT2D eigenvalue weighted by atomic mass is 9.85. The van der Waals surface area contributed by atoms with Gasteiger partial charge < -0.3 is 10.6 Å². The van der Waals surface area contributed by atoms with Gasteiger partial charge in [0.25, 0.3) is 0 Å². The van der Waals surface area contributed by atoms with E-state index in [2.05, 4.69) is 61.3 Å². The van der Waals surface area contributed by atoms with Gasteiger partial charge in [-0.2, -0.15) is 0 Å². The first-order chi connectivity index (χ1) is 14.1. The molecule has 2 amide bonds. The molecular weight excluding hydrogens is 358 g/mol. The van der Waals surface area contributed by atoms with Gasteiger partial charge in [-0.25, -0.2) is 4.79 Å². The number of nitrogens with two attached hydrogens (primary N) is 1. The largest absolute Gasteiger partial charge is 0.351 e. The Morgan fingerprint density at radius 3 is 2.69 bits per heavy atom. The maximum atomic E-state index is 11.6. The molecule has 1 aliphatic rings. The van der Waals surface area contributed by atoms with Crippen LogP contribution in [0.3, 0.4) is 0 Å². The molecule has 1 fully saturated rings. The highest BCUT2D eigenvalue weighted by molar-refractivity contribution is 5.88. The number of aromatic nitrogens is 1. The minimum absolute atomic E-state index is 0.276. The average molecular weight is 388 g/mol. The molecule has 4 nitrogen and oxygen atoms in total. The van der Waals surface area contributed by atoms with Gasteiger partial charge in [0.1, 0.15) is 0 Å². The average Bonchev–Trinajstić information content (AvgIpc) is 2.74. The van der Waals surface area contributed by atoms with Crippen molar-refractivity contribution in [3.05, 3.63) is 65.9 Å². The number of hydrogen-bond acceptors (Lipinski definition) is 2. The number of carbonyl (C=O) groups is 1. The number of benzene rings is 2. The van der Waals surface area contributed by atoms with Crippen molar-refractivity contribution >= 4 is 16.9 Å². The predicted molar refractivity (Wildman–Crippen MR) is 119 cm³/mol. The van der Waals surface area contributed by atoms with E-state index in [9.17, 15) is 4.79 Å². The zero-order valence-corrected chi connectivity index (χ0v) is 17.3. The molecule has 0 radical (unpaired) electrons. The van der Waals surface area contributed by atoms with E-state index in [0.717, 1.165) is 37.7 Å². The van der Waals surface area contributed by atoms with Crippen LogP contribution in [0.25, 0.3) is 22.0 Å². The zero-order chi connectivity index (χ0) is 20.4. The van der Waals surface area contributed by atoms with Crippen LogP contribution in [0.5, 0.6) is 0 Å². The van der Waals surface area contributed by atoms with Crippen LogP contribution >= 0.6 is 0 Å². The molecule has 2 N–H and O–H groups in total. The van der Waals surface area contributed by atoms with Crippen LogP contribution in [0.15, 0.2) is 54.7 Å². The molecule has 1 aliphatic heterocycles. The van der Waals surface area contributed by atoms with E-state index in [0.29, 0.717) is 5.92 Å². The second kappa shape index (κ2) is 8.24. The van der Waals surface area contributed by atoms with Gasteiger partial charge in [0.15, 0.2) is 0 Å². The fraction of sp³-hybridized carbons (Fsp3) is 0.360. The lowest BCUT2D eigenvalue weighted by Gasteiger charge is -2.38. The number of carbonyl (C=O) groups excluding carboxylic acids is 1. The molecule has 4 rings (SSSR count). The van der Waals surface area contributed by atoms with Gasteiger partial charge >= 0.3 is 6.03 Å². The van der Waals surface area contributed by atoms with Crippen LogP contribution in [-0.2, 0) is 6.42 Å². The molecule has 3 aromatic rings. The lowest BCUT2D eigenvalue weighted by Crippen LogP contribution is -2.48. The molecule has 29 heavy (non-hydrogen) atoms. The number of fused-ring (bicyclic) bond motifs is 1. The molecule has 0 saturated carbocycles. The van der Waals surface area contributed by atoms with Gasteiger partial charge in [0, 0.05) is 24.2 Å². The highest BCUT2D eigenvalue weighted by atomic mass is 16.2. The Morgan fingerprint density at radius 2 is 1.97 bits per heavy atom. The van der Waals surface area contributed by atoms with Crippen molar-refractivity contribution in [2.45, 2.75) is 45.6 Å². The summed E-state index contributed by atoms with van der Waals surface area (Å²) in [5.74, 6) is 0.605. The van der Waals surface area contributed by atoms with Gasteiger partial charge in [0.05, 0.1) is 5.52 Å². The van der Waals surface area contributed by atoms with Crippen LogP contribution in [0, 0.1) is 12.8 Å². The summed E-state index contributed by atoms with van der Waals surface area (Å²) < 4.78 is 0. The second-order valence-electron chi connectivity index (χ2n) is 8.20. The summed E-state index contributed by atoms with van der Waals surface area (Å²) in [4.78, 5) is 18.0. The Bertz CT molecular complexity index is 1010. The van der Waals surface area contributed by atoms with Crippen molar-refractivity contribution in [1.29, 1.82) is 0 Å². The quantitative estimate of drug-likeness (QED) is 0.658. The van der Waals surface area contributed by atoms with Gasteiger partial charge in [-0.15, -0.1) is 0 Å². The molecule has 0 spiro atoms. The number of nitrogens with zero attached hydrogens (tertiary/aromatic N) is 2. The number of amides is 2. The smallest absolute Gasteiger partial charge is 0.315 e. The van der Waals surface area contributed by atoms with E-state index in [4.69, 9.17) is 5.73 Å².